The van der Waals surface area contributed by atoms with Crippen molar-refractivity contribution in [3.05, 3.63) is 36.0 Å². The van der Waals surface area contributed by atoms with Crippen molar-refractivity contribution in [3.63, 3.8) is 0 Å². The van der Waals surface area contributed by atoms with Crippen LogP contribution in [0.25, 0.3) is 11.3 Å². The van der Waals surface area contributed by atoms with Crippen molar-refractivity contribution in [2.45, 2.75) is 73.7 Å². The highest BCUT2D eigenvalue weighted by Crippen LogP contribution is 2.39. The number of nitrogens with two attached hydrogens (primary N) is 1. The van der Waals surface area contributed by atoms with Gasteiger partial charge in [0.25, 0.3) is 0 Å². The summed E-state index contributed by atoms with van der Waals surface area (Å²) in [6.45, 7) is 16.4. The molecule has 186 valence electrons. The number of benzene rings is 1. The van der Waals surface area contributed by atoms with Crippen LogP contribution >= 0.6 is 0 Å². The lowest BCUT2D eigenvalue weighted by Crippen LogP contribution is -2.20. The molecule has 3 N–H and O–H groups in total. The molecule has 2 aromatic rings. The maximum absolute atomic E-state index is 6.35. The lowest BCUT2D eigenvalue weighted by atomic mass is 10.1. The second-order valence-corrected chi connectivity index (χ2v) is 7.22. The molecule has 1 aromatic heterocycles. The minimum atomic E-state index is -0.419. The van der Waals surface area contributed by atoms with Gasteiger partial charge in [-0.2, -0.15) is 0 Å². The summed E-state index contributed by atoms with van der Waals surface area (Å²) in [5.41, 5.74) is 9.39. The summed E-state index contributed by atoms with van der Waals surface area (Å²) in [4.78, 5) is 4.61. The first-order valence-corrected chi connectivity index (χ1v) is 12.2. The molecule has 0 fully saturated rings. The topological polar surface area (TPSA) is 87.9 Å². The number of nitrogens with one attached hydrogen (secondary N) is 1. The van der Waals surface area contributed by atoms with Gasteiger partial charge in [-0.1, -0.05) is 40.2 Å². The molecule has 1 unspecified atom stereocenters. The maximum Gasteiger partial charge on any atom is 0.186 e. The first-order chi connectivity index (χ1) is 16.0. The molecule has 7 heteroatoms. The summed E-state index contributed by atoms with van der Waals surface area (Å²) >= 11 is 0. The number of pyridine rings is 1. The molecule has 7 nitrogen and oxygen atoms in total. The van der Waals surface area contributed by atoms with Crippen LogP contribution < -0.4 is 20.5 Å². The summed E-state index contributed by atoms with van der Waals surface area (Å²) in [6.07, 6.45) is 3.39. The third kappa shape index (κ3) is 9.20. The number of aromatic nitrogens is 1. The second-order valence-electron chi connectivity index (χ2n) is 7.22. The van der Waals surface area contributed by atoms with Crippen LogP contribution in [0, 0.1) is 0 Å². The highest BCUT2D eigenvalue weighted by molar-refractivity contribution is 5.73. The third-order valence-corrected chi connectivity index (χ3v) is 4.67. The normalized spacial score (nSPS) is 11.6. The van der Waals surface area contributed by atoms with Gasteiger partial charge in [0.2, 0.25) is 0 Å². The Kier molecular flexibility index (Phi) is 14.2. The molecular formula is C26H43N3O4. The molecule has 1 aromatic carbocycles. The number of hydrogen-bond acceptors (Lipinski definition) is 7. The summed E-state index contributed by atoms with van der Waals surface area (Å²) < 4.78 is 23.4. The van der Waals surface area contributed by atoms with Gasteiger partial charge in [-0.15, -0.1) is 0 Å². The van der Waals surface area contributed by atoms with E-state index < -0.39 is 6.29 Å². The minimum Gasteiger partial charge on any atom is -0.487 e. The van der Waals surface area contributed by atoms with Crippen LogP contribution in [0.3, 0.4) is 0 Å². The summed E-state index contributed by atoms with van der Waals surface area (Å²) in [5, 5.41) is 3.14. The fraction of sp³-hybridized carbons (Fsp3) is 0.577. The smallest absolute Gasteiger partial charge is 0.186 e. The van der Waals surface area contributed by atoms with Gasteiger partial charge in [-0.25, -0.2) is 0 Å². The molecule has 33 heavy (non-hydrogen) atoms. The van der Waals surface area contributed by atoms with Gasteiger partial charge >= 0.3 is 0 Å². The Labute approximate surface area is 200 Å². The molecule has 0 bridgehead atoms. The average Bonchev–Trinajstić information content (AvgIpc) is 2.82. The van der Waals surface area contributed by atoms with Gasteiger partial charge in [0.15, 0.2) is 17.8 Å². The van der Waals surface area contributed by atoms with Crippen molar-refractivity contribution < 1.29 is 18.9 Å². The molecule has 2 rings (SSSR count). The number of hydrogen-bond donors (Lipinski definition) is 2. The Morgan fingerprint density at radius 2 is 1.73 bits per heavy atom. The Morgan fingerprint density at radius 3 is 2.27 bits per heavy atom. The molecule has 0 saturated carbocycles. The van der Waals surface area contributed by atoms with E-state index in [1.807, 2.05) is 58.9 Å². The van der Waals surface area contributed by atoms with Crippen LogP contribution in [0.2, 0.25) is 0 Å². The van der Waals surface area contributed by atoms with Gasteiger partial charge in [0.05, 0.1) is 17.5 Å². The van der Waals surface area contributed by atoms with E-state index in [1.165, 1.54) is 0 Å². The van der Waals surface area contributed by atoms with E-state index in [2.05, 4.69) is 24.1 Å². The van der Waals surface area contributed by atoms with Crippen LogP contribution in [-0.4, -0.2) is 37.6 Å². The van der Waals surface area contributed by atoms with Gasteiger partial charge in [-0.05, 0) is 51.9 Å². The molecule has 0 aliphatic heterocycles. The predicted octanol–water partition coefficient (Wildman–Crippen LogP) is 5.94. The summed E-state index contributed by atoms with van der Waals surface area (Å²) in [6, 6.07) is 7.70. The van der Waals surface area contributed by atoms with Crippen molar-refractivity contribution in [1.82, 2.24) is 10.3 Å². The van der Waals surface area contributed by atoms with Crippen molar-refractivity contribution in [1.29, 1.82) is 0 Å². The summed E-state index contributed by atoms with van der Waals surface area (Å²) in [5.74, 6) is 1.18. The van der Waals surface area contributed by atoms with Crippen molar-refractivity contribution >= 4 is 5.69 Å². The van der Waals surface area contributed by atoms with Crippen LogP contribution in [0.1, 0.15) is 73.2 Å². The van der Waals surface area contributed by atoms with E-state index in [0.717, 1.165) is 36.2 Å². The third-order valence-electron chi connectivity index (χ3n) is 4.67. The van der Waals surface area contributed by atoms with E-state index in [-0.39, 0.29) is 6.10 Å². The number of ether oxygens (including phenoxy) is 4. The Hall–Kier alpha value is -2.35. The standard InChI is InChI=1S/C24H37N3O4.C2H6/c1-6-10-17(5)31-22-14-19(13-20(25)23(22)30-16-26-7-2)21-12-11-18(15-27-21)24(28-8-3)29-9-4;1-2/h11-15,17,24,26H,6-10,16,25H2,1-5H3;1-2H3. The first-order valence-electron chi connectivity index (χ1n) is 12.2. The van der Waals surface area contributed by atoms with E-state index in [1.54, 1.807) is 6.20 Å². The quantitative estimate of drug-likeness (QED) is 0.204. The van der Waals surface area contributed by atoms with Crippen molar-refractivity contribution in [3.8, 4) is 22.8 Å². The lowest BCUT2D eigenvalue weighted by molar-refractivity contribution is -0.140. The maximum atomic E-state index is 6.35. The van der Waals surface area contributed by atoms with E-state index >= 15 is 0 Å². The molecule has 1 atom stereocenters. The van der Waals surface area contributed by atoms with Gasteiger partial charge in [0.1, 0.15) is 6.73 Å². The molecule has 0 aliphatic rings. The fourth-order valence-electron chi connectivity index (χ4n) is 3.18. The minimum absolute atomic E-state index is 0.0506. The van der Waals surface area contributed by atoms with E-state index in [9.17, 15) is 0 Å². The van der Waals surface area contributed by atoms with Crippen LogP contribution in [-0.2, 0) is 9.47 Å². The van der Waals surface area contributed by atoms with Crippen LogP contribution in [0.5, 0.6) is 11.5 Å². The van der Waals surface area contributed by atoms with Gasteiger partial charge in [0, 0.05) is 30.5 Å². The molecule has 0 aliphatic carbocycles. The zero-order valence-corrected chi connectivity index (χ0v) is 21.4. The van der Waals surface area contributed by atoms with E-state index in [4.69, 9.17) is 24.7 Å². The second kappa shape index (κ2) is 16.3. The monoisotopic (exact) mass is 461 g/mol. The fourth-order valence-corrected chi connectivity index (χ4v) is 3.18. The van der Waals surface area contributed by atoms with Gasteiger partial charge < -0.3 is 24.7 Å². The first kappa shape index (κ1) is 28.7. The van der Waals surface area contributed by atoms with Crippen LogP contribution in [0.4, 0.5) is 5.69 Å². The predicted molar refractivity (Wildman–Crippen MR) is 136 cm³/mol. The van der Waals surface area contributed by atoms with E-state index in [0.29, 0.717) is 37.1 Å². The largest absolute Gasteiger partial charge is 0.487 e. The molecule has 0 saturated heterocycles. The van der Waals surface area contributed by atoms with Crippen molar-refractivity contribution in [2.75, 3.05) is 32.2 Å². The van der Waals surface area contributed by atoms with Crippen LogP contribution in [0.15, 0.2) is 30.5 Å². The highest BCUT2D eigenvalue weighted by atomic mass is 16.7. The number of anilines is 1. The zero-order chi connectivity index (χ0) is 24.6. The molecular weight excluding hydrogens is 418 g/mol. The number of nitrogen functional groups attached to an aromatic ring is 1. The Bertz CT molecular complexity index is 778. The number of nitrogens with zero attached hydrogens (tertiary/aromatic N) is 1. The molecule has 0 amide bonds. The van der Waals surface area contributed by atoms with Gasteiger partial charge in [-0.3, -0.25) is 10.3 Å². The Morgan fingerprint density at radius 1 is 1.03 bits per heavy atom. The van der Waals surface area contributed by atoms with Crippen molar-refractivity contribution in [2.24, 2.45) is 0 Å². The zero-order valence-electron chi connectivity index (χ0n) is 21.4. The molecule has 0 radical (unpaired) electrons. The lowest BCUT2D eigenvalue weighted by Gasteiger charge is -2.20. The highest BCUT2D eigenvalue weighted by Gasteiger charge is 2.17. The number of rotatable bonds is 14. The average molecular weight is 462 g/mol. The Balaban J connectivity index is 0.00000265. The molecule has 0 spiro atoms. The summed E-state index contributed by atoms with van der Waals surface area (Å²) in [7, 11) is 0. The molecule has 1 heterocycles. The SMILES string of the molecule is CC.CCCC(C)Oc1cc(-c2ccc(C(OCC)OCC)cn2)cc(N)c1OCNCC.